The fourth-order valence-electron chi connectivity index (χ4n) is 3.49. The molecule has 3 heteroatoms. The van der Waals surface area contributed by atoms with Crippen LogP contribution in [0.5, 0.6) is 0 Å². The van der Waals surface area contributed by atoms with Crippen molar-refractivity contribution in [1.29, 1.82) is 5.26 Å². The number of aryl methyl sites for hydroxylation is 3. The van der Waals surface area contributed by atoms with Gasteiger partial charge in [-0.25, -0.2) is 4.39 Å². The molecule has 0 bridgehead atoms. The fraction of sp³-hybridized carbons (Fsp3) is 0.316. The van der Waals surface area contributed by atoms with Crippen molar-refractivity contribution < 1.29 is 4.39 Å². The molecule has 1 aliphatic carbocycles. The van der Waals surface area contributed by atoms with Gasteiger partial charge in [0.2, 0.25) is 0 Å². The predicted octanol–water partition coefficient (Wildman–Crippen LogP) is 4.83. The molecule has 1 aliphatic rings. The summed E-state index contributed by atoms with van der Waals surface area (Å²) >= 11 is 3.50. The van der Waals surface area contributed by atoms with Gasteiger partial charge in [0.15, 0.2) is 0 Å². The summed E-state index contributed by atoms with van der Waals surface area (Å²) < 4.78 is 13.7. The molecule has 22 heavy (non-hydrogen) atoms. The predicted molar refractivity (Wildman–Crippen MR) is 89.8 cm³/mol. The van der Waals surface area contributed by atoms with Crippen molar-refractivity contribution in [1.82, 2.24) is 0 Å². The van der Waals surface area contributed by atoms with Crippen molar-refractivity contribution in [2.45, 2.75) is 31.6 Å². The number of rotatable bonds is 2. The lowest BCUT2D eigenvalue weighted by Gasteiger charge is -2.29. The molecule has 0 spiro atoms. The van der Waals surface area contributed by atoms with Crippen LogP contribution >= 0.6 is 15.9 Å². The molecule has 0 radical (unpaired) electrons. The number of alkyl halides is 1. The zero-order chi connectivity index (χ0) is 15.7. The molecule has 0 amide bonds. The zero-order valence-corrected chi connectivity index (χ0v) is 14.1. The third kappa shape index (κ3) is 2.36. The van der Waals surface area contributed by atoms with Gasteiger partial charge in [-0.2, -0.15) is 5.26 Å². The molecule has 0 saturated carbocycles. The molecule has 2 aromatic carbocycles. The average molecular weight is 358 g/mol. The molecule has 0 heterocycles. The molecule has 0 N–H and O–H groups in total. The third-order valence-corrected chi connectivity index (χ3v) is 4.97. The Bertz CT molecular complexity index is 763. The Labute approximate surface area is 138 Å². The summed E-state index contributed by atoms with van der Waals surface area (Å²) in [4.78, 5) is 0. The third-order valence-electron chi connectivity index (χ3n) is 4.58. The Morgan fingerprint density at radius 3 is 2.64 bits per heavy atom. The summed E-state index contributed by atoms with van der Waals surface area (Å²) in [6.45, 7) is 2.05. The Morgan fingerprint density at radius 1 is 1.14 bits per heavy atom. The fourth-order valence-corrected chi connectivity index (χ4v) is 4.09. The summed E-state index contributed by atoms with van der Waals surface area (Å²) in [5, 5.41) is 10.8. The van der Waals surface area contributed by atoms with E-state index in [9.17, 15) is 9.65 Å². The van der Waals surface area contributed by atoms with Crippen LogP contribution in [0.15, 0.2) is 36.4 Å². The minimum Gasteiger partial charge on any atom is -0.207 e. The molecular formula is C19H17BrFN. The quantitative estimate of drug-likeness (QED) is 0.706. The van der Waals surface area contributed by atoms with Crippen LogP contribution in [0.2, 0.25) is 0 Å². The number of hydrogen-bond acceptors (Lipinski definition) is 1. The van der Waals surface area contributed by atoms with Crippen LogP contribution in [0.1, 0.15) is 34.2 Å². The SMILES string of the molecule is Cc1ccc2c(c1)C(C#N)(CCBr)c1ccc(F)cc1CC2. The minimum absolute atomic E-state index is 0.230. The van der Waals surface area contributed by atoms with E-state index >= 15 is 0 Å². The van der Waals surface area contributed by atoms with Crippen LogP contribution in [0.4, 0.5) is 4.39 Å². The first-order valence-corrected chi connectivity index (χ1v) is 8.59. The lowest BCUT2D eigenvalue weighted by atomic mass is 9.71. The van der Waals surface area contributed by atoms with E-state index < -0.39 is 5.41 Å². The van der Waals surface area contributed by atoms with Crippen LogP contribution in [0.3, 0.4) is 0 Å². The van der Waals surface area contributed by atoms with E-state index in [1.807, 2.05) is 6.92 Å². The van der Waals surface area contributed by atoms with Crippen molar-refractivity contribution >= 4 is 15.9 Å². The molecule has 0 fully saturated rings. The lowest BCUT2D eigenvalue weighted by molar-refractivity contribution is 0.610. The second kappa shape index (κ2) is 5.85. The molecule has 0 aliphatic heterocycles. The van der Waals surface area contributed by atoms with Crippen molar-refractivity contribution in [3.63, 3.8) is 0 Å². The average Bonchev–Trinajstić information content (AvgIpc) is 2.63. The Kier molecular flexibility index (Phi) is 4.06. The molecule has 1 unspecified atom stereocenters. The van der Waals surface area contributed by atoms with Gasteiger partial charge in [0.25, 0.3) is 0 Å². The maximum Gasteiger partial charge on any atom is 0.123 e. The van der Waals surface area contributed by atoms with E-state index in [1.165, 1.54) is 11.6 Å². The van der Waals surface area contributed by atoms with Crippen LogP contribution in [-0.4, -0.2) is 5.33 Å². The first-order valence-electron chi connectivity index (χ1n) is 7.47. The molecule has 0 saturated heterocycles. The van der Waals surface area contributed by atoms with Crippen molar-refractivity contribution in [3.05, 3.63) is 70.0 Å². The standard InChI is InChI=1S/C19H17BrFN/c1-13-2-3-14-4-5-15-11-16(21)6-7-17(15)19(12-22,8-9-20)18(14)10-13/h2-3,6-7,10-11H,4-5,8-9H2,1H3. The maximum absolute atomic E-state index is 13.7. The Morgan fingerprint density at radius 2 is 1.91 bits per heavy atom. The van der Waals surface area contributed by atoms with Crippen molar-refractivity contribution in [2.75, 3.05) is 5.33 Å². The highest BCUT2D eigenvalue weighted by Crippen LogP contribution is 2.42. The Hall–Kier alpha value is -1.66. The van der Waals surface area contributed by atoms with Gasteiger partial charge in [-0.1, -0.05) is 45.8 Å². The highest BCUT2D eigenvalue weighted by molar-refractivity contribution is 9.09. The van der Waals surface area contributed by atoms with Gasteiger partial charge < -0.3 is 0 Å². The second-order valence-corrected chi connectivity index (χ2v) is 6.71. The van der Waals surface area contributed by atoms with Gasteiger partial charge >= 0.3 is 0 Å². The summed E-state index contributed by atoms with van der Waals surface area (Å²) in [5.41, 5.74) is 4.64. The topological polar surface area (TPSA) is 23.8 Å². The van der Waals surface area contributed by atoms with E-state index in [1.54, 1.807) is 12.1 Å². The summed E-state index contributed by atoms with van der Waals surface area (Å²) in [6, 6.07) is 13.8. The summed E-state index contributed by atoms with van der Waals surface area (Å²) in [7, 11) is 0. The van der Waals surface area contributed by atoms with E-state index in [0.717, 1.165) is 40.4 Å². The summed E-state index contributed by atoms with van der Waals surface area (Å²) in [6.07, 6.45) is 2.30. The highest BCUT2D eigenvalue weighted by atomic mass is 79.9. The monoisotopic (exact) mass is 357 g/mol. The van der Waals surface area contributed by atoms with E-state index in [4.69, 9.17) is 0 Å². The molecule has 112 valence electrons. The van der Waals surface area contributed by atoms with E-state index in [-0.39, 0.29) is 5.82 Å². The first kappa shape index (κ1) is 15.2. The number of nitriles is 1. The van der Waals surface area contributed by atoms with Crippen LogP contribution < -0.4 is 0 Å². The molecule has 1 nitrogen and oxygen atoms in total. The van der Waals surface area contributed by atoms with Gasteiger partial charge in [0.05, 0.1) is 6.07 Å². The van der Waals surface area contributed by atoms with Crippen molar-refractivity contribution in [3.8, 4) is 6.07 Å². The number of hydrogen-bond donors (Lipinski definition) is 0. The normalized spacial score (nSPS) is 19.7. The smallest absolute Gasteiger partial charge is 0.123 e. The summed E-state index contributed by atoms with van der Waals surface area (Å²) in [5.74, 6) is -0.230. The van der Waals surface area contributed by atoms with E-state index in [2.05, 4.69) is 40.2 Å². The highest BCUT2D eigenvalue weighted by Gasteiger charge is 2.39. The molecule has 0 aromatic heterocycles. The molecular weight excluding hydrogens is 341 g/mol. The number of fused-ring (bicyclic) bond motifs is 2. The lowest BCUT2D eigenvalue weighted by Crippen LogP contribution is -2.28. The van der Waals surface area contributed by atoms with Crippen molar-refractivity contribution in [2.24, 2.45) is 0 Å². The van der Waals surface area contributed by atoms with Gasteiger partial charge in [0, 0.05) is 5.33 Å². The van der Waals surface area contributed by atoms with Crippen LogP contribution in [0.25, 0.3) is 0 Å². The van der Waals surface area contributed by atoms with E-state index in [0.29, 0.717) is 6.42 Å². The zero-order valence-electron chi connectivity index (χ0n) is 12.5. The minimum atomic E-state index is -0.704. The first-order chi connectivity index (χ1) is 10.6. The number of nitrogens with zero attached hydrogens (tertiary/aromatic N) is 1. The van der Waals surface area contributed by atoms with Gasteiger partial charge in [-0.05, 0) is 60.6 Å². The second-order valence-electron chi connectivity index (χ2n) is 5.92. The largest absolute Gasteiger partial charge is 0.207 e. The maximum atomic E-state index is 13.7. The Balaban J connectivity index is 2.34. The van der Waals surface area contributed by atoms with Crippen LogP contribution in [0, 0.1) is 24.1 Å². The van der Waals surface area contributed by atoms with Gasteiger partial charge in [-0.15, -0.1) is 0 Å². The number of halogens is 2. The molecule has 2 aromatic rings. The molecule has 1 atom stereocenters. The number of benzene rings is 2. The molecule has 3 rings (SSSR count). The van der Waals surface area contributed by atoms with Crippen LogP contribution in [-0.2, 0) is 18.3 Å². The van der Waals surface area contributed by atoms with Gasteiger partial charge in [-0.3, -0.25) is 0 Å². The van der Waals surface area contributed by atoms with Gasteiger partial charge in [0.1, 0.15) is 11.2 Å².